The molecular formula is C19H29N3O2. The molecule has 1 unspecified atom stereocenters. The minimum absolute atomic E-state index is 0.138. The van der Waals surface area contributed by atoms with Crippen LogP contribution in [0.2, 0.25) is 0 Å². The number of likely N-dealkylation sites (tertiary alicyclic amines) is 2. The highest BCUT2D eigenvalue weighted by atomic mass is 16.5. The Morgan fingerprint density at radius 2 is 2.00 bits per heavy atom. The smallest absolute Gasteiger partial charge is 0.253 e. The molecular weight excluding hydrogens is 302 g/mol. The molecule has 5 nitrogen and oxygen atoms in total. The van der Waals surface area contributed by atoms with Crippen molar-refractivity contribution >= 4 is 5.91 Å². The van der Waals surface area contributed by atoms with Crippen LogP contribution in [-0.4, -0.2) is 66.1 Å². The van der Waals surface area contributed by atoms with Crippen LogP contribution in [0.1, 0.15) is 43.5 Å². The summed E-state index contributed by atoms with van der Waals surface area (Å²) in [5, 5.41) is 0. The van der Waals surface area contributed by atoms with Gasteiger partial charge in [-0.25, -0.2) is 0 Å². The van der Waals surface area contributed by atoms with E-state index in [2.05, 4.69) is 23.7 Å². The SMILES string of the molecule is COCC1CC2(CCN(C(=O)c3ccncc3)CC2)CN1C(C)C. The number of carbonyl (C=O) groups is 1. The lowest BCUT2D eigenvalue weighted by Crippen LogP contribution is -2.44. The fourth-order valence-electron chi connectivity index (χ4n) is 4.37. The number of hydrogen-bond donors (Lipinski definition) is 0. The number of nitrogens with zero attached hydrogens (tertiary/aromatic N) is 3. The molecule has 3 heterocycles. The van der Waals surface area contributed by atoms with Crippen molar-refractivity contribution in [3.63, 3.8) is 0 Å². The lowest BCUT2D eigenvalue weighted by molar-refractivity contribution is 0.0581. The molecule has 3 rings (SSSR count). The minimum atomic E-state index is 0.138. The van der Waals surface area contributed by atoms with E-state index < -0.39 is 0 Å². The van der Waals surface area contributed by atoms with Gasteiger partial charge in [0.05, 0.1) is 6.61 Å². The number of methoxy groups -OCH3 is 1. The van der Waals surface area contributed by atoms with Gasteiger partial charge in [-0.15, -0.1) is 0 Å². The number of piperidine rings is 1. The highest BCUT2D eigenvalue weighted by molar-refractivity contribution is 5.94. The van der Waals surface area contributed by atoms with Gasteiger partial charge in [0.1, 0.15) is 0 Å². The normalized spacial score (nSPS) is 24.0. The first-order valence-electron chi connectivity index (χ1n) is 8.99. The van der Waals surface area contributed by atoms with Gasteiger partial charge >= 0.3 is 0 Å². The summed E-state index contributed by atoms with van der Waals surface area (Å²) in [7, 11) is 1.79. The number of aromatic nitrogens is 1. The summed E-state index contributed by atoms with van der Waals surface area (Å²) in [5.41, 5.74) is 1.09. The third-order valence-corrected chi connectivity index (χ3v) is 5.72. The average molecular weight is 331 g/mol. The van der Waals surface area contributed by atoms with Crippen LogP contribution >= 0.6 is 0 Å². The van der Waals surface area contributed by atoms with E-state index in [9.17, 15) is 4.79 Å². The average Bonchev–Trinajstić information content (AvgIpc) is 2.94. The maximum absolute atomic E-state index is 12.6. The van der Waals surface area contributed by atoms with Crippen LogP contribution in [0.15, 0.2) is 24.5 Å². The van der Waals surface area contributed by atoms with Crippen molar-refractivity contribution < 1.29 is 9.53 Å². The Balaban J connectivity index is 1.63. The van der Waals surface area contributed by atoms with E-state index >= 15 is 0 Å². The monoisotopic (exact) mass is 331 g/mol. The summed E-state index contributed by atoms with van der Waals surface area (Å²) in [6.07, 6.45) is 6.74. The Morgan fingerprint density at radius 3 is 2.58 bits per heavy atom. The van der Waals surface area contributed by atoms with Crippen molar-refractivity contribution in [2.75, 3.05) is 33.4 Å². The fourth-order valence-corrected chi connectivity index (χ4v) is 4.37. The van der Waals surface area contributed by atoms with Gasteiger partial charge in [-0.05, 0) is 50.7 Å². The Hall–Kier alpha value is -1.46. The summed E-state index contributed by atoms with van der Waals surface area (Å²) in [5.74, 6) is 0.138. The number of carbonyl (C=O) groups excluding carboxylic acids is 1. The van der Waals surface area contributed by atoms with Gasteiger partial charge in [0.2, 0.25) is 0 Å². The third-order valence-electron chi connectivity index (χ3n) is 5.72. The summed E-state index contributed by atoms with van der Waals surface area (Å²) >= 11 is 0. The largest absolute Gasteiger partial charge is 0.383 e. The molecule has 1 aromatic rings. The molecule has 1 atom stereocenters. The Labute approximate surface area is 145 Å². The van der Waals surface area contributed by atoms with E-state index in [1.165, 1.54) is 6.42 Å². The van der Waals surface area contributed by atoms with Crippen LogP contribution in [0.5, 0.6) is 0 Å². The lowest BCUT2D eigenvalue weighted by Gasteiger charge is -2.39. The standard InChI is InChI=1S/C19H29N3O2/c1-15(2)22-14-19(12-17(22)13-24-3)6-10-21(11-7-19)18(23)16-4-8-20-9-5-16/h4-5,8-9,15,17H,6-7,10-14H2,1-3H3. The van der Waals surface area contributed by atoms with Gasteiger partial charge in [0.15, 0.2) is 0 Å². The minimum Gasteiger partial charge on any atom is -0.383 e. The molecule has 132 valence electrons. The van der Waals surface area contributed by atoms with E-state index in [-0.39, 0.29) is 5.91 Å². The molecule has 1 aromatic heterocycles. The maximum Gasteiger partial charge on any atom is 0.253 e. The first-order valence-corrected chi connectivity index (χ1v) is 8.99. The molecule has 1 amide bonds. The number of ether oxygens (including phenoxy) is 1. The van der Waals surface area contributed by atoms with E-state index in [1.807, 2.05) is 4.90 Å². The molecule has 0 radical (unpaired) electrons. The predicted octanol–water partition coefficient (Wildman–Crippen LogP) is 2.43. The van der Waals surface area contributed by atoms with Gasteiger partial charge in [0, 0.05) is 56.8 Å². The molecule has 2 aliphatic heterocycles. The van der Waals surface area contributed by atoms with Gasteiger partial charge in [-0.3, -0.25) is 14.7 Å². The molecule has 2 aliphatic rings. The van der Waals surface area contributed by atoms with E-state index in [1.54, 1.807) is 31.6 Å². The van der Waals surface area contributed by atoms with Crippen LogP contribution in [-0.2, 0) is 4.74 Å². The summed E-state index contributed by atoms with van der Waals surface area (Å²) < 4.78 is 5.45. The van der Waals surface area contributed by atoms with E-state index in [0.717, 1.165) is 44.6 Å². The maximum atomic E-state index is 12.6. The second kappa shape index (κ2) is 7.19. The van der Waals surface area contributed by atoms with Crippen molar-refractivity contribution in [2.45, 2.75) is 45.2 Å². The highest BCUT2D eigenvalue weighted by Crippen LogP contribution is 2.44. The molecule has 0 aliphatic carbocycles. The molecule has 2 fully saturated rings. The molecule has 0 bridgehead atoms. The van der Waals surface area contributed by atoms with Gasteiger partial charge in [-0.1, -0.05) is 0 Å². The summed E-state index contributed by atoms with van der Waals surface area (Å²) in [4.78, 5) is 21.2. The van der Waals surface area contributed by atoms with Crippen LogP contribution in [0.25, 0.3) is 0 Å². The van der Waals surface area contributed by atoms with E-state index in [0.29, 0.717) is 17.5 Å². The molecule has 2 saturated heterocycles. The molecule has 5 heteroatoms. The molecule has 0 N–H and O–H groups in total. The zero-order valence-electron chi connectivity index (χ0n) is 15.1. The lowest BCUT2D eigenvalue weighted by atomic mass is 9.76. The third kappa shape index (κ3) is 3.47. The topological polar surface area (TPSA) is 45.7 Å². The van der Waals surface area contributed by atoms with Crippen LogP contribution in [0, 0.1) is 5.41 Å². The second-order valence-corrected chi connectivity index (χ2v) is 7.61. The summed E-state index contributed by atoms with van der Waals surface area (Å²) in [6.45, 7) is 8.18. The number of pyridine rings is 1. The quantitative estimate of drug-likeness (QED) is 0.850. The van der Waals surface area contributed by atoms with Crippen molar-refractivity contribution in [3.8, 4) is 0 Å². The number of amides is 1. The van der Waals surface area contributed by atoms with E-state index in [4.69, 9.17) is 4.74 Å². The second-order valence-electron chi connectivity index (χ2n) is 7.61. The van der Waals surface area contributed by atoms with Crippen molar-refractivity contribution in [3.05, 3.63) is 30.1 Å². The predicted molar refractivity (Wildman–Crippen MR) is 93.9 cm³/mol. The Morgan fingerprint density at radius 1 is 1.33 bits per heavy atom. The van der Waals surface area contributed by atoms with Gasteiger partial charge in [-0.2, -0.15) is 0 Å². The van der Waals surface area contributed by atoms with Crippen LogP contribution in [0.4, 0.5) is 0 Å². The van der Waals surface area contributed by atoms with Crippen molar-refractivity contribution in [2.24, 2.45) is 5.41 Å². The summed E-state index contributed by atoms with van der Waals surface area (Å²) in [6, 6.07) is 4.66. The van der Waals surface area contributed by atoms with Crippen LogP contribution < -0.4 is 0 Å². The van der Waals surface area contributed by atoms with Crippen molar-refractivity contribution in [1.82, 2.24) is 14.8 Å². The highest BCUT2D eigenvalue weighted by Gasteiger charge is 2.46. The van der Waals surface area contributed by atoms with Gasteiger partial charge in [0.25, 0.3) is 5.91 Å². The number of hydrogen-bond acceptors (Lipinski definition) is 4. The van der Waals surface area contributed by atoms with Crippen LogP contribution in [0.3, 0.4) is 0 Å². The van der Waals surface area contributed by atoms with Gasteiger partial charge < -0.3 is 9.64 Å². The molecule has 1 spiro atoms. The molecule has 24 heavy (non-hydrogen) atoms. The number of rotatable bonds is 4. The Kier molecular flexibility index (Phi) is 5.21. The molecule has 0 saturated carbocycles. The first-order chi connectivity index (χ1) is 11.5. The fraction of sp³-hybridized carbons (Fsp3) is 0.684. The zero-order valence-corrected chi connectivity index (χ0v) is 15.1. The first kappa shape index (κ1) is 17.4. The van der Waals surface area contributed by atoms with Crippen molar-refractivity contribution in [1.29, 1.82) is 0 Å². The molecule has 0 aromatic carbocycles. The zero-order chi connectivity index (χ0) is 17.2. The Bertz CT molecular complexity index is 553.